The summed E-state index contributed by atoms with van der Waals surface area (Å²) in [6.07, 6.45) is 5.18. The van der Waals surface area contributed by atoms with Crippen LogP contribution >= 0.6 is 11.8 Å². The molecule has 0 radical (unpaired) electrons. The Bertz CT molecular complexity index is 453. The van der Waals surface area contributed by atoms with Gasteiger partial charge in [0.05, 0.1) is 11.3 Å². The smallest absolute Gasteiger partial charge is 0.337 e. The molecule has 0 amide bonds. The maximum absolute atomic E-state index is 13.8. The van der Waals surface area contributed by atoms with Gasteiger partial charge in [0, 0.05) is 11.3 Å². The van der Waals surface area contributed by atoms with E-state index in [4.69, 9.17) is 5.11 Å². The Kier molecular flexibility index (Phi) is 4.11. The molecule has 1 fully saturated rings. The standard InChI is InChI=1S/C13H16FNO2S/c1-18-11-7-3-6-10(11)15-12-8(13(16)17)4-2-5-9(12)14/h2,4-5,10-11,15H,3,6-7H2,1H3,(H,16,17). The van der Waals surface area contributed by atoms with E-state index >= 15 is 0 Å². The van der Waals surface area contributed by atoms with Crippen LogP contribution in [-0.4, -0.2) is 28.6 Å². The molecule has 1 aliphatic rings. The third-order valence-corrected chi connectivity index (χ3v) is 4.50. The Morgan fingerprint density at radius 3 is 2.94 bits per heavy atom. The van der Waals surface area contributed by atoms with E-state index in [2.05, 4.69) is 5.32 Å². The number of hydrogen-bond donors (Lipinski definition) is 2. The van der Waals surface area contributed by atoms with Gasteiger partial charge in [0.1, 0.15) is 5.82 Å². The molecule has 1 aromatic rings. The molecule has 18 heavy (non-hydrogen) atoms. The fourth-order valence-corrected chi connectivity index (χ4v) is 3.34. The molecule has 5 heteroatoms. The van der Waals surface area contributed by atoms with Crippen LogP contribution in [0, 0.1) is 5.82 Å². The topological polar surface area (TPSA) is 49.3 Å². The van der Waals surface area contributed by atoms with Crippen LogP contribution in [0.3, 0.4) is 0 Å². The van der Waals surface area contributed by atoms with Gasteiger partial charge in [-0.15, -0.1) is 0 Å². The summed E-state index contributed by atoms with van der Waals surface area (Å²) in [6.45, 7) is 0. The van der Waals surface area contributed by atoms with Crippen molar-refractivity contribution in [3.05, 3.63) is 29.6 Å². The first-order chi connectivity index (χ1) is 8.63. The van der Waals surface area contributed by atoms with Crippen LogP contribution in [-0.2, 0) is 0 Å². The number of halogens is 1. The Morgan fingerprint density at radius 1 is 1.50 bits per heavy atom. The normalized spacial score (nSPS) is 23.0. The number of carbonyl (C=O) groups is 1. The first kappa shape index (κ1) is 13.2. The predicted octanol–water partition coefficient (Wildman–Crippen LogP) is 3.22. The Labute approximate surface area is 110 Å². The molecule has 0 spiro atoms. The summed E-state index contributed by atoms with van der Waals surface area (Å²) >= 11 is 1.75. The third-order valence-electron chi connectivity index (χ3n) is 3.33. The monoisotopic (exact) mass is 269 g/mol. The van der Waals surface area contributed by atoms with Crippen molar-refractivity contribution in [2.45, 2.75) is 30.6 Å². The second-order valence-electron chi connectivity index (χ2n) is 4.42. The lowest BCUT2D eigenvalue weighted by molar-refractivity contribution is 0.0697. The van der Waals surface area contributed by atoms with Crippen molar-refractivity contribution in [3.63, 3.8) is 0 Å². The molecule has 2 unspecified atom stereocenters. The maximum Gasteiger partial charge on any atom is 0.337 e. The maximum atomic E-state index is 13.8. The number of thioether (sulfide) groups is 1. The number of para-hydroxylation sites is 1. The Morgan fingerprint density at radius 2 is 2.28 bits per heavy atom. The summed E-state index contributed by atoms with van der Waals surface area (Å²) in [5.74, 6) is -1.60. The molecular formula is C13H16FNO2S. The van der Waals surface area contributed by atoms with Crippen molar-refractivity contribution in [3.8, 4) is 0 Å². The number of aromatic carboxylic acids is 1. The first-order valence-electron chi connectivity index (χ1n) is 5.94. The molecule has 2 N–H and O–H groups in total. The van der Waals surface area contributed by atoms with Gasteiger partial charge in [0.15, 0.2) is 0 Å². The van der Waals surface area contributed by atoms with E-state index in [1.165, 1.54) is 18.2 Å². The predicted molar refractivity (Wildman–Crippen MR) is 71.9 cm³/mol. The van der Waals surface area contributed by atoms with E-state index in [1.807, 2.05) is 6.26 Å². The van der Waals surface area contributed by atoms with Gasteiger partial charge in [0.25, 0.3) is 0 Å². The average Bonchev–Trinajstić information content (AvgIpc) is 2.78. The fourth-order valence-electron chi connectivity index (χ4n) is 2.41. The largest absolute Gasteiger partial charge is 0.478 e. The van der Waals surface area contributed by atoms with Gasteiger partial charge in [-0.2, -0.15) is 11.8 Å². The lowest BCUT2D eigenvalue weighted by atomic mass is 10.1. The minimum absolute atomic E-state index is 0.00162. The molecule has 0 bridgehead atoms. The van der Waals surface area contributed by atoms with Crippen LogP contribution in [0.1, 0.15) is 29.6 Å². The summed E-state index contributed by atoms with van der Waals surface area (Å²) in [6, 6.07) is 4.29. The molecule has 1 aliphatic carbocycles. The van der Waals surface area contributed by atoms with Crippen LogP contribution in [0.5, 0.6) is 0 Å². The number of nitrogens with one attached hydrogen (secondary N) is 1. The molecule has 0 heterocycles. The highest BCUT2D eigenvalue weighted by atomic mass is 32.2. The van der Waals surface area contributed by atoms with Gasteiger partial charge in [-0.25, -0.2) is 9.18 Å². The van der Waals surface area contributed by atoms with Crippen LogP contribution in [0.4, 0.5) is 10.1 Å². The molecule has 2 rings (SSSR count). The summed E-state index contributed by atoms with van der Waals surface area (Å²) in [4.78, 5) is 11.1. The van der Waals surface area contributed by atoms with E-state index in [9.17, 15) is 9.18 Å². The molecule has 98 valence electrons. The number of anilines is 1. The summed E-state index contributed by atoms with van der Waals surface area (Å²) < 4.78 is 13.8. The quantitative estimate of drug-likeness (QED) is 0.881. The van der Waals surface area contributed by atoms with Gasteiger partial charge < -0.3 is 10.4 Å². The van der Waals surface area contributed by atoms with Crippen LogP contribution < -0.4 is 5.32 Å². The highest BCUT2D eigenvalue weighted by molar-refractivity contribution is 7.99. The molecule has 1 aromatic carbocycles. The Hall–Kier alpha value is -1.23. The third kappa shape index (κ3) is 2.61. The number of hydrogen-bond acceptors (Lipinski definition) is 3. The lowest BCUT2D eigenvalue weighted by Gasteiger charge is -2.21. The average molecular weight is 269 g/mol. The fraction of sp³-hybridized carbons (Fsp3) is 0.462. The van der Waals surface area contributed by atoms with E-state index in [1.54, 1.807) is 11.8 Å². The zero-order chi connectivity index (χ0) is 13.1. The number of carboxylic acid groups (broad SMARTS) is 1. The molecule has 0 aliphatic heterocycles. The van der Waals surface area contributed by atoms with E-state index < -0.39 is 11.8 Å². The summed E-state index contributed by atoms with van der Waals surface area (Å²) in [5, 5.41) is 12.6. The van der Waals surface area contributed by atoms with Gasteiger partial charge in [0.2, 0.25) is 0 Å². The second kappa shape index (κ2) is 5.61. The molecule has 0 aromatic heterocycles. The van der Waals surface area contributed by atoms with Crippen molar-refractivity contribution >= 4 is 23.4 Å². The highest BCUT2D eigenvalue weighted by Gasteiger charge is 2.28. The van der Waals surface area contributed by atoms with Crippen LogP contribution in [0.15, 0.2) is 18.2 Å². The van der Waals surface area contributed by atoms with Crippen molar-refractivity contribution in [1.82, 2.24) is 0 Å². The second-order valence-corrected chi connectivity index (χ2v) is 5.50. The van der Waals surface area contributed by atoms with E-state index in [0.29, 0.717) is 5.25 Å². The van der Waals surface area contributed by atoms with E-state index in [-0.39, 0.29) is 17.3 Å². The van der Waals surface area contributed by atoms with Gasteiger partial charge >= 0.3 is 5.97 Å². The van der Waals surface area contributed by atoms with Crippen molar-refractivity contribution < 1.29 is 14.3 Å². The minimum Gasteiger partial charge on any atom is -0.478 e. The molecule has 2 atom stereocenters. The van der Waals surface area contributed by atoms with Crippen LogP contribution in [0.2, 0.25) is 0 Å². The zero-order valence-corrected chi connectivity index (χ0v) is 11.0. The van der Waals surface area contributed by atoms with Crippen molar-refractivity contribution in [2.24, 2.45) is 0 Å². The van der Waals surface area contributed by atoms with E-state index in [0.717, 1.165) is 19.3 Å². The van der Waals surface area contributed by atoms with Gasteiger partial charge in [-0.3, -0.25) is 0 Å². The first-order valence-corrected chi connectivity index (χ1v) is 7.23. The summed E-state index contributed by atoms with van der Waals surface area (Å²) in [7, 11) is 0. The molecular weight excluding hydrogens is 253 g/mol. The Balaban J connectivity index is 2.25. The summed E-state index contributed by atoms with van der Waals surface area (Å²) in [5.41, 5.74) is 0.123. The number of carboxylic acids is 1. The molecule has 3 nitrogen and oxygen atoms in total. The molecule has 0 saturated heterocycles. The number of rotatable bonds is 4. The zero-order valence-electron chi connectivity index (χ0n) is 10.1. The lowest BCUT2D eigenvalue weighted by Crippen LogP contribution is -2.27. The highest BCUT2D eigenvalue weighted by Crippen LogP contribution is 2.32. The van der Waals surface area contributed by atoms with Crippen molar-refractivity contribution in [1.29, 1.82) is 0 Å². The van der Waals surface area contributed by atoms with Crippen LogP contribution in [0.25, 0.3) is 0 Å². The van der Waals surface area contributed by atoms with Crippen molar-refractivity contribution in [2.75, 3.05) is 11.6 Å². The number of benzene rings is 1. The van der Waals surface area contributed by atoms with Gasteiger partial charge in [-0.1, -0.05) is 12.5 Å². The SMILES string of the molecule is CSC1CCCC1Nc1c(F)cccc1C(=O)O. The minimum atomic E-state index is -1.10. The molecule has 1 saturated carbocycles. The van der Waals surface area contributed by atoms with Gasteiger partial charge in [-0.05, 0) is 31.2 Å².